The molecule has 1 amide bonds. The van der Waals surface area contributed by atoms with Gasteiger partial charge in [-0.15, -0.1) is 0 Å². The van der Waals surface area contributed by atoms with Gasteiger partial charge in [-0.2, -0.15) is 0 Å². The van der Waals surface area contributed by atoms with Crippen LogP contribution in [-0.2, 0) is 24.1 Å². The molecule has 0 spiro atoms. The molecule has 92 valence electrons. The average molecular weight is 236 g/mol. The molecule has 1 aromatic rings. The molecule has 0 fully saturated rings. The summed E-state index contributed by atoms with van der Waals surface area (Å²) in [5.74, 6) is 0.734. The third kappa shape index (κ3) is 2.52. The highest BCUT2D eigenvalue weighted by Crippen LogP contribution is 2.16. The third-order valence-corrected chi connectivity index (χ3v) is 2.80. The monoisotopic (exact) mass is 236 g/mol. The fourth-order valence-electron chi connectivity index (χ4n) is 1.88. The van der Waals surface area contributed by atoms with Crippen LogP contribution in [0.25, 0.3) is 0 Å². The van der Waals surface area contributed by atoms with Crippen molar-refractivity contribution in [3.05, 3.63) is 23.3 Å². The lowest BCUT2D eigenvalue weighted by molar-refractivity contribution is 0.118. The van der Waals surface area contributed by atoms with Gasteiger partial charge in [-0.1, -0.05) is 0 Å². The maximum absolute atomic E-state index is 11.4. The van der Waals surface area contributed by atoms with Gasteiger partial charge in [-0.25, -0.2) is 14.8 Å². The van der Waals surface area contributed by atoms with Crippen LogP contribution >= 0.6 is 0 Å². The molecule has 0 bridgehead atoms. The van der Waals surface area contributed by atoms with Crippen LogP contribution < -0.4 is 5.73 Å². The Morgan fingerprint density at radius 3 is 3.18 bits per heavy atom. The van der Waals surface area contributed by atoms with Crippen molar-refractivity contribution in [1.29, 1.82) is 0 Å². The van der Waals surface area contributed by atoms with Crippen molar-refractivity contribution < 1.29 is 9.53 Å². The molecule has 1 aromatic heterocycles. The van der Waals surface area contributed by atoms with Crippen molar-refractivity contribution in [3.63, 3.8) is 0 Å². The van der Waals surface area contributed by atoms with Gasteiger partial charge in [0.05, 0.1) is 19.3 Å². The molecule has 6 nitrogen and oxygen atoms in total. The van der Waals surface area contributed by atoms with Gasteiger partial charge in [0.15, 0.2) is 0 Å². The van der Waals surface area contributed by atoms with Crippen molar-refractivity contribution in [2.24, 2.45) is 5.73 Å². The largest absolute Gasteiger partial charge is 0.453 e. The van der Waals surface area contributed by atoms with E-state index in [1.54, 1.807) is 4.90 Å². The molecular weight excluding hydrogens is 220 g/mol. The van der Waals surface area contributed by atoms with Crippen LogP contribution in [0.15, 0.2) is 6.20 Å². The first kappa shape index (κ1) is 11.8. The number of rotatable bonds is 2. The first-order valence-electron chi connectivity index (χ1n) is 5.61. The Hall–Kier alpha value is -1.69. The van der Waals surface area contributed by atoms with Gasteiger partial charge in [0.2, 0.25) is 0 Å². The zero-order valence-corrected chi connectivity index (χ0v) is 9.85. The van der Waals surface area contributed by atoms with Crippen molar-refractivity contribution >= 4 is 6.09 Å². The minimum Gasteiger partial charge on any atom is -0.453 e. The Labute approximate surface area is 99.8 Å². The van der Waals surface area contributed by atoms with Gasteiger partial charge in [0.25, 0.3) is 0 Å². The SMILES string of the molecule is COC(=O)N1CCc2cnc(CCN)nc2C1. The van der Waals surface area contributed by atoms with Crippen LogP contribution in [0.3, 0.4) is 0 Å². The molecule has 0 aromatic carbocycles. The van der Waals surface area contributed by atoms with E-state index >= 15 is 0 Å². The summed E-state index contributed by atoms with van der Waals surface area (Å²) in [5, 5.41) is 0. The summed E-state index contributed by atoms with van der Waals surface area (Å²) in [6.07, 6.45) is 2.95. The van der Waals surface area contributed by atoms with E-state index < -0.39 is 0 Å². The summed E-state index contributed by atoms with van der Waals surface area (Å²) in [6.45, 7) is 1.67. The number of methoxy groups -OCH3 is 1. The number of hydrogen-bond acceptors (Lipinski definition) is 5. The summed E-state index contributed by atoms with van der Waals surface area (Å²) in [5.41, 5.74) is 7.47. The molecule has 2 N–H and O–H groups in total. The fraction of sp³-hybridized carbons (Fsp3) is 0.545. The minimum atomic E-state index is -0.311. The van der Waals surface area contributed by atoms with Crippen LogP contribution in [0.5, 0.6) is 0 Å². The summed E-state index contributed by atoms with van der Waals surface area (Å²) in [6, 6.07) is 0. The number of aromatic nitrogens is 2. The second kappa shape index (κ2) is 5.09. The molecule has 0 atom stereocenters. The van der Waals surface area contributed by atoms with E-state index in [4.69, 9.17) is 10.5 Å². The maximum atomic E-state index is 11.4. The Kier molecular flexibility index (Phi) is 3.53. The second-order valence-corrected chi connectivity index (χ2v) is 3.94. The average Bonchev–Trinajstić information content (AvgIpc) is 2.37. The van der Waals surface area contributed by atoms with Gasteiger partial charge in [0.1, 0.15) is 5.82 Å². The highest BCUT2D eigenvalue weighted by molar-refractivity contribution is 5.67. The van der Waals surface area contributed by atoms with E-state index in [0.717, 1.165) is 23.5 Å². The van der Waals surface area contributed by atoms with E-state index in [0.29, 0.717) is 26.1 Å². The zero-order valence-electron chi connectivity index (χ0n) is 9.85. The predicted octanol–water partition coefficient (Wildman–Crippen LogP) is 0.102. The second-order valence-electron chi connectivity index (χ2n) is 3.94. The van der Waals surface area contributed by atoms with Crippen LogP contribution in [0.4, 0.5) is 4.79 Å². The molecular formula is C11H16N4O2. The number of hydrogen-bond donors (Lipinski definition) is 1. The summed E-state index contributed by atoms with van der Waals surface area (Å²) in [4.78, 5) is 21.7. The maximum Gasteiger partial charge on any atom is 0.409 e. The quantitative estimate of drug-likeness (QED) is 0.787. The van der Waals surface area contributed by atoms with E-state index in [-0.39, 0.29) is 6.09 Å². The summed E-state index contributed by atoms with van der Waals surface area (Å²) < 4.78 is 4.71. The van der Waals surface area contributed by atoms with Crippen molar-refractivity contribution in [3.8, 4) is 0 Å². The number of carbonyl (C=O) groups excluding carboxylic acids is 1. The third-order valence-electron chi connectivity index (χ3n) is 2.80. The van der Waals surface area contributed by atoms with Gasteiger partial charge in [-0.3, -0.25) is 0 Å². The first-order chi connectivity index (χ1) is 8.24. The molecule has 0 saturated heterocycles. The Morgan fingerprint density at radius 2 is 2.47 bits per heavy atom. The number of nitrogens with zero attached hydrogens (tertiary/aromatic N) is 3. The standard InChI is InChI=1S/C11H16N4O2/c1-17-11(16)15-5-3-8-6-13-10(2-4-12)14-9(8)7-15/h6H,2-5,7,12H2,1H3. The van der Waals surface area contributed by atoms with Crippen molar-refractivity contribution in [2.45, 2.75) is 19.4 Å². The molecule has 17 heavy (non-hydrogen) atoms. The Morgan fingerprint density at radius 1 is 1.65 bits per heavy atom. The van der Waals surface area contributed by atoms with E-state index in [2.05, 4.69) is 9.97 Å². The number of amides is 1. The molecule has 0 unspecified atom stereocenters. The number of nitrogens with two attached hydrogens (primary N) is 1. The first-order valence-corrected chi connectivity index (χ1v) is 5.61. The molecule has 1 aliphatic rings. The molecule has 0 radical (unpaired) electrons. The molecule has 2 heterocycles. The van der Waals surface area contributed by atoms with Gasteiger partial charge < -0.3 is 15.4 Å². The zero-order chi connectivity index (χ0) is 12.3. The van der Waals surface area contributed by atoms with Crippen molar-refractivity contribution in [2.75, 3.05) is 20.2 Å². The molecule has 2 rings (SSSR count). The number of ether oxygens (including phenoxy) is 1. The van der Waals surface area contributed by atoms with Gasteiger partial charge >= 0.3 is 6.09 Å². The lowest BCUT2D eigenvalue weighted by atomic mass is 10.1. The number of carbonyl (C=O) groups is 1. The van der Waals surface area contributed by atoms with Crippen LogP contribution in [0.1, 0.15) is 17.1 Å². The lowest BCUT2D eigenvalue weighted by Gasteiger charge is -2.26. The molecule has 1 aliphatic heterocycles. The minimum absolute atomic E-state index is 0.311. The van der Waals surface area contributed by atoms with Gasteiger partial charge in [0, 0.05) is 19.2 Å². The van der Waals surface area contributed by atoms with E-state index in [1.165, 1.54) is 7.11 Å². The van der Waals surface area contributed by atoms with E-state index in [1.807, 2.05) is 6.20 Å². The highest BCUT2D eigenvalue weighted by atomic mass is 16.5. The van der Waals surface area contributed by atoms with Crippen LogP contribution in [0, 0.1) is 0 Å². The normalized spacial score (nSPS) is 14.4. The Bertz CT molecular complexity index is 422. The van der Waals surface area contributed by atoms with Crippen LogP contribution in [0.2, 0.25) is 0 Å². The molecule has 0 saturated carbocycles. The molecule has 6 heteroatoms. The summed E-state index contributed by atoms with van der Waals surface area (Å²) >= 11 is 0. The number of fused-ring (bicyclic) bond motifs is 1. The van der Waals surface area contributed by atoms with Gasteiger partial charge in [-0.05, 0) is 18.5 Å². The highest BCUT2D eigenvalue weighted by Gasteiger charge is 2.22. The lowest BCUT2D eigenvalue weighted by Crippen LogP contribution is -2.36. The van der Waals surface area contributed by atoms with Crippen LogP contribution in [-0.4, -0.2) is 41.2 Å². The summed E-state index contributed by atoms with van der Waals surface area (Å²) in [7, 11) is 1.39. The Balaban J connectivity index is 2.17. The van der Waals surface area contributed by atoms with Crippen molar-refractivity contribution in [1.82, 2.24) is 14.9 Å². The molecule has 0 aliphatic carbocycles. The smallest absolute Gasteiger partial charge is 0.409 e. The topological polar surface area (TPSA) is 81.3 Å². The van der Waals surface area contributed by atoms with E-state index in [9.17, 15) is 4.79 Å². The fourth-order valence-corrected chi connectivity index (χ4v) is 1.88. The predicted molar refractivity (Wildman–Crippen MR) is 61.3 cm³/mol.